The zero-order valence-corrected chi connectivity index (χ0v) is 15.1. The molecule has 5 unspecified atom stereocenters. The number of Topliss-reactive ketones (excluding diaryl/α,β-unsaturated/α-hetero) is 2. The molecule has 3 rings (SSSR count). The van der Waals surface area contributed by atoms with Gasteiger partial charge in [0.1, 0.15) is 0 Å². The molecule has 0 saturated heterocycles. The van der Waals surface area contributed by atoms with E-state index in [4.69, 9.17) is 0 Å². The largest absolute Gasteiger partial charge is 0.291 e. The highest BCUT2D eigenvalue weighted by Crippen LogP contribution is 2.42. The maximum atomic E-state index is 12.9. The van der Waals surface area contributed by atoms with Crippen LogP contribution < -0.4 is 0 Å². The van der Waals surface area contributed by atoms with E-state index in [1.165, 1.54) is 38.5 Å². The molecular weight excluding hydrogens is 284 g/mol. The highest BCUT2D eigenvalue weighted by molar-refractivity contribution is 6.38. The average molecular weight is 319 g/mol. The Kier molecular flexibility index (Phi) is 5.59. The number of carbonyl (C=O) groups is 2. The molecule has 2 heteroatoms. The molecule has 3 aliphatic rings. The Hall–Kier alpha value is -0.660. The molecular formula is C21H34O2. The maximum absolute atomic E-state index is 12.9. The van der Waals surface area contributed by atoms with Gasteiger partial charge in [-0.1, -0.05) is 52.4 Å². The van der Waals surface area contributed by atoms with E-state index in [-0.39, 0.29) is 23.4 Å². The molecule has 5 atom stereocenters. The lowest BCUT2D eigenvalue weighted by atomic mass is 9.71. The first-order chi connectivity index (χ1) is 11.0. The molecule has 0 aliphatic heterocycles. The van der Waals surface area contributed by atoms with Gasteiger partial charge in [0.2, 0.25) is 11.6 Å². The topological polar surface area (TPSA) is 34.1 Å². The summed E-state index contributed by atoms with van der Waals surface area (Å²) in [6.07, 6.45) is 12.9. The molecule has 0 aromatic carbocycles. The van der Waals surface area contributed by atoms with Crippen molar-refractivity contribution in [2.24, 2.45) is 35.5 Å². The summed E-state index contributed by atoms with van der Waals surface area (Å²) in [4.78, 5) is 25.7. The van der Waals surface area contributed by atoms with Gasteiger partial charge >= 0.3 is 0 Å². The second kappa shape index (κ2) is 7.49. The normalized spacial score (nSPS) is 41.7. The van der Waals surface area contributed by atoms with E-state index in [1.807, 2.05) is 0 Å². The third-order valence-corrected chi connectivity index (χ3v) is 6.94. The lowest BCUT2D eigenvalue weighted by Crippen LogP contribution is -2.35. The van der Waals surface area contributed by atoms with Crippen LogP contribution in [0.15, 0.2) is 0 Å². The second-order valence-corrected chi connectivity index (χ2v) is 9.01. The van der Waals surface area contributed by atoms with E-state index in [1.54, 1.807) is 0 Å². The number of fused-ring (bicyclic) bond motifs is 1. The summed E-state index contributed by atoms with van der Waals surface area (Å²) in [7, 11) is 0. The summed E-state index contributed by atoms with van der Waals surface area (Å²) in [5.74, 6) is 2.80. The number of hydrogen-bond donors (Lipinski definition) is 0. The van der Waals surface area contributed by atoms with E-state index in [0.717, 1.165) is 43.9 Å². The minimum atomic E-state index is -0.0114. The first kappa shape index (κ1) is 17.2. The van der Waals surface area contributed by atoms with Crippen LogP contribution in [0.5, 0.6) is 0 Å². The van der Waals surface area contributed by atoms with Crippen molar-refractivity contribution < 1.29 is 9.59 Å². The zero-order valence-electron chi connectivity index (χ0n) is 15.1. The Morgan fingerprint density at radius 3 is 1.87 bits per heavy atom. The van der Waals surface area contributed by atoms with Crippen molar-refractivity contribution in [3.8, 4) is 0 Å². The first-order valence-corrected chi connectivity index (χ1v) is 10.1. The third-order valence-electron chi connectivity index (χ3n) is 6.94. The number of carbonyl (C=O) groups excluding carboxylic acids is 2. The summed E-state index contributed by atoms with van der Waals surface area (Å²) >= 11 is 0. The lowest BCUT2D eigenvalue weighted by molar-refractivity contribution is -0.142. The quantitative estimate of drug-likeness (QED) is 0.671. The van der Waals surface area contributed by atoms with Gasteiger partial charge < -0.3 is 0 Å². The van der Waals surface area contributed by atoms with Gasteiger partial charge in [0, 0.05) is 11.8 Å². The summed E-state index contributed by atoms with van der Waals surface area (Å²) in [5, 5.41) is 0. The summed E-state index contributed by atoms with van der Waals surface area (Å²) in [5.41, 5.74) is 0. The Morgan fingerprint density at radius 2 is 1.17 bits per heavy atom. The highest BCUT2D eigenvalue weighted by Gasteiger charge is 2.38. The number of rotatable bonds is 3. The lowest BCUT2D eigenvalue weighted by Gasteiger charge is -2.32. The molecule has 3 aliphatic carbocycles. The van der Waals surface area contributed by atoms with Crippen LogP contribution >= 0.6 is 0 Å². The van der Waals surface area contributed by atoms with Crippen molar-refractivity contribution in [2.75, 3.05) is 0 Å². The van der Waals surface area contributed by atoms with Gasteiger partial charge in [-0.2, -0.15) is 0 Å². The van der Waals surface area contributed by atoms with E-state index in [9.17, 15) is 9.59 Å². The van der Waals surface area contributed by atoms with Crippen molar-refractivity contribution in [1.82, 2.24) is 0 Å². The Bertz CT molecular complexity index is 431. The maximum Gasteiger partial charge on any atom is 0.201 e. The summed E-state index contributed by atoms with van der Waals surface area (Å²) in [6.45, 7) is 4.47. The molecule has 0 radical (unpaired) electrons. The predicted octanol–water partition coefficient (Wildman–Crippen LogP) is 5.19. The number of ketones is 2. The molecule has 0 heterocycles. The monoisotopic (exact) mass is 318 g/mol. The van der Waals surface area contributed by atoms with Crippen LogP contribution in [0.4, 0.5) is 0 Å². The van der Waals surface area contributed by atoms with E-state index in [2.05, 4.69) is 13.8 Å². The zero-order chi connectivity index (χ0) is 16.4. The Morgan fingerprint density at radius 1 is 0.609 bits per heavy atom. The van der Waals surface area contributed by atoms with Crippen LogP contribution in [0.1, 0.15) is 84.5 Å². The third kappa shape index (κ3) is 4.06. The molecule has 0 bridgehead atoms. The predicted molar refractivity (Wildman–Crippen MR) is 93.1 cm³/mol. The van der Waals surface area contributed by atoms with Crippen molar-refractivity contribution >= 4 is 11.6 Å². The van der Waals surface area contributed by atoms with Gasteiger partial charge in [-0.3, -0.25) is 9.59 Å². The first-order valence-electron chi connectivity index (χ1n) is 10.1. The van der Waals surface area contributed by atoms with Crippen LogP contribution in [-0.4, -0.2) is 11.6 Å². The van der Waals surface area contributed by atoms with Crippen molar-refractivity contribution in [3.05, 3.63) is 0 Å². The molecule has 0 aromatic heterocycles. The molecule has 3 saturated carbocycles. The van der Waals surface area contributed by atoms with E-state index in [0.29, 0.717) is 11.8 Å². The van der Waals surface area contributed by atoms with Crippen LogP contribution in [0.2, 0.25) is 0 Å². The van der Waals surface area contributed by atoms with E-state index >= 15 is 0 Å². The van der Waals surface area contributed by atoms with Gasteiger partial charge in [-0.15, -0.1) is 0 Å². The molecule has 0 amide bonds. The summed E-state index contributed by atoms with van der Waals surface area (Å²) in [6, 6.07) is 0. The molecule has 130 valence electrons. The SMILES string of the molecule is CC1CC(C)CC(C(=O)C(=O)C2CCCC3CCCCC3C2)C1. The van der Waals surface area contributed by atoms with E-state index < -0.39 is 0 Å². The highest BCUT2D eigenvalue weighted by atomic mass is 16.2. The molecule has 3 fully saturated rings. The van der Waals surface area contributed by atoms with Gasteiger partial charge in [-0.25, -0.2) is 0 Å². The second-order valence-electron chi connectivity index (χ2n) is 9.01. The smallest absolute Gasteiger partial charge is 0.201 e. The fourth-order valence-electron chi connectivity index (χ4n) is 5.89. The van der Waals surface area contributed by atoms with Crippen LogP contribution in [0.25, 0.3) is 0 Å². The molecule has 23 heavy (non-hydrogen) atoms. The van der Waals surface area contributed by atoms with Crippen molar-refractivity contribution in [3.63, 3.8) is 0 Å². The Balaban J connectivity index is 1.63. The molecule has 2 nitrogen and oxygen atoms in total. The van der Waals surface area contributed by atoms with Gasteiger partial charge in [0.25, 0.3) is 0 Å². The van der Waals surface area contributed by atoms with Crippen LogP contribution in [-0.2, 0) is 9.59 Å². The minimum absolute atomic E-state index is 0.00234. The Labute approximate surface area is 141 Å². The average Bonchev–Trinajstić information content (AvgIpc) is 2.74. The van der Waals surface area contributed by atoms with Crippen LogP contribution in [0.3, 0.4) is 0 Å². The fourth-order valence-corrected chi connectivity index (χ4v) is 5.89. The van der Waals surface area contributed by atoms with Crippen molar-refractivity contribution in [2.45, 2.75) is 84.5 Å². The minimum Gasteiger partial charge on any atom is -0.291 e. The molecule has 0 spiro atoms. The summed E-state index contributed by atoms with van der Waals surface area (Å²) < 4.78 is 0. The molecule has 0 N–H and O–H groups in total. The standard InChI is InChI=1S/C21H34O2/c1-14-10-15(2)12-19(11-14)21(23)20(22)18-9-5-8-16-6-3-4-7-17(16)13-18/h14-19H,3-13H2,1-2H3. The van der Waals surface area contributed by atoms with Crippen LogP contribution in [0, 0.1) is 35.5 Å². The molecule has 0 aromatic rings. The van der Waals surface area contributed by atoms with Gasteiger partial charge in [0.05, 0.1) is 0 Å². The number of hydrogen-bond acceptors (Lipinski definition) is 2. The fraction of sp³-hybridized carbons (Fsp3) is 0.905. The van der Waals surface area contributed by atoms with Crippen molar-refractivity contribution in [1.29, 1.82) is 0 Å². The van der Waals surface area contributed by atoms with Gasteiger partial charge in [0.15, 0.2) is 0 Å². The van der Waals surface area contributed by atoms with Gasteiger partial charge in [-0.05, 0) is 55.8 Å².